The van der Waals surface area contributed by atoms with E-state index in [9.17, 15) is 13.2 Å². The van der Waals surface area contributed by atoms with Gasteiger partial charge in [0, 0.05) is 5.56 Å². The van der Waals surface area contributed by atoms with E-state index >= 15 is 0 Å². The summed E-state index contributed by atoms with van der Waals surface area (Å²) in [6.07, 6.45) is -1.35. The number of aryl methyl sites for hydroxylation is 1. The molecule has 4 aromatic rings. The number of aromatic nitrogens is 5. The Bertz CT molecular complexity index is 1190. The monoisotopic (exact) mass is 450 g/mol. The van der Waals surface area contributed by atoms with Gasteiger partial charge in [0.15, 0.2) is 11.3 Å². The lowest BCUT2D eigenvalue weighted by molar-refractivity contribution is 0.146. The Balaban J connectivity index is 1.82. The molecule has 0 amide bonds. The van der Waals surface area contributed by atoms with Crippen molar-refractivity contribution in [2.45, 2.75) is 26.3 Å². The van der Waals surface area contributed by atoms with E-state index in [0.29, 0.717) is 32.8 Å². The van der Waals surface area contributed by atoms with Crippen LogP contribution in [0.4, 0.5) is 19.0 Å². The number of fused-ring (bicyclic) bond motifs is 3. The third-order valence-corrected chi connectivity index (χ3v) is 4.99. The molecule has 0 aliphatic heterocycles. The molecule has 3 aromatic heterocycles. The maximum absolute atomic E-state index is 14.5. The first-order valence-electron chi connectivity index (χ1n) is 8.36. The summed E-state index contributed by atoms with van der Waals surface area (Å²) in [5.41, 5.74) is 0.683. The predicted octanol–water partition coefficient (Wildman–Crippen LogP) is 4.99. The van der Waals surface area contributed by atoms with Crippen LogP contribution >= 0.6 is 15.9 Å². The smallest absolute Gasteiger partial charge is 0.266 e. The fraction of sp³-hybridized carbons (Fsp3) is 0.222. The largest absolute Gasteiger partial charge is 0.363 e. The van der Waals surface area contributed by atoms with Crippen molar-refractivity contribution in [3.8, 4) is 0 Å². The zero-order valence-electron chi connectivity index (χ0n) is 14.8. The second-order valence-corrected chi connectivity index (χ2v) is 7.15. The summed E-state index contributed by atoms with van der Waals surface area (Å²) in [6, 6.07) is 5.16. The van der Waals surface area contributed by atoms with Crippen LogP contribution in [0.25, 0.3) is 16.7 Å². The van der Waals surface area contributed by atoms with E-state index in [4.69, 9.17) is 0 Å². The van der Waals surface area contributed by atoms with Crippen LogP contribution in [-0.2, 0) is 0 Å². The van der Waals surface area contributed by atoms with Gasteiger partial charge >= 0.3 is 0 Å². The summed E-state index contributed by atoms with van der Waals surface area (Å²) in [5.74, 6) is 0.0180. The molecule has 4 rings (SSSR count). The second kappa shape index (κ2) is 7.01. The highest BCUT2D eigenvalue weighted by Crippen LogP contribution is 2.32. The average Bonchev–Trinajstić information content (AvgIpc) is 3.13. The van der Waals surface area contributed by atoms with Gasteiger partial charge in [-0.2, -0.15) is 0 Å². The van der Waals surface area contributed by atoms with Crippen molar-refractivity contribution in [1.82, 2.24) is 24.6 Å². The van der Waals surface area contributed by atoms with Gasteiger partial charge in [0.05, 0.1) is 21.5 Å². The van der Waals surface area contributed by atoms with Crippen molar-refractivity contribution in [2.75, 3.05) is 5.32 Å². The van der Waals surface area contributed by atoms with E-state index < -0.39 is 23.8 Å². The highest BCUT2D eigenvalue weighted by atomic mass is 79.9. The first-order chi connectivity index (χ1) is 13.4. The van der Waals surface area contributed by atoms with Gasteiger partial charge in [0.1, 0.15) is 23.8 Å². The molecule has 1 aromatic carbocycles. The fourth-order valence-electron chi connectivity index (χ4n) is 3.09. The Hall–Kier alpha value is -2.75. The summed E-state index contributed by atoms with van der Waals surface area (Å²) >= 11 is 3.45. The maximum atomic E-state index is 14.5. The zero-order valence-corrected chi connectivity index (χ0v) is 16.4. The van der Waals surface area contributed by atoms with Gasteiger partial charge in [-0.05, 0) is 35.8 Å². The molecule has 3 heterocycles. The van der Waals surface area contributed by atoms with E-state index in [0.717, 1.165) is 6.07 Å². The first-order valence-corrected chi connectivity index (χ1v) is 9.15. The zero-order chi connectivity index (χ0) is 20.0. The van der Waals surface area contributed by atoms with Gasteiger partial charge in [0.2, 0.25) is 0 Å². The molecule has 0 fully saturated rings. The van der Waals surface area contributed by atoms with Gasteiger partial charge < -0.3 is 5.32 Å². The Morgan fingerprint density at radius 2 is 1.89 bits per heavy atom. The van der Waals surface area contributed by atoms with Crippen LogP contribution in [0.5, 0.6) is 0 Å². The Morgan fingerprint density at radius 3 is 2.64 bits per heavy atom. The molecule has 10 heteroatoms. The Kier molecular flexibility index (Phi) is 4.66. The van der Waals surface area contributed by atoms with E-state index in [1.54, 1.807) is 24.3 Å². The molecule has 0 bridgehead atoms. The van der Waals surface area contributed by atoms with Crippen molar-refractivity contribution in [3.63, 3.8) is 0 Å². The summed E-state index contributed by atoms with van der Waals surface area (Å²) in [5, 5.41) is 11.7. The minimum Gasteiger partial charge on any atom is -0.363 e. The minimum absolute atomic E-state index is 0.131. The molecule has 0 unspecified atom stereocenters. The molecule has 0 aliphatic rings. The Morgan fingerprint density at radius 1 is 1.14 bits per heavy atom. The molecule has 0 saturated heterocycles. The number of alkyl halides is 2. The van der Waals surface area contributed by atoms with Gasteiger partial charge in [-0.3, -0.25) is 4.40 Å². The summed E-state index contributed by atoms with van der Waals surface area (Å²) in [6.45, 7) is 3.41. The second-order valence-electron chi connectivity index (χ2n) is 6.29. The number of pyridine rings is 1. The third kappa shape index (κ3) is 3.07. The lowest BCUT2D eigenvalue weighted by atomic mass is 10.0. The number of anilines is 1. The third-order valence-electron chi connectivity index (χ3n) is 4.41. The van der Waals surface area contributed by atoms with Crippen molar-refractivity contribution in [3.05, 3.63) is 57.8 Å². The van der Waals surface area contributed by atoms with Crippen LogP contribution in [0.2, 0.25) is 0 Å². The van der Waals surface area contributed by atoms with Crippen LogP contribution in [0.3, 0.4) is 0 Å². The highest BCUT2D eigenvalue weighted by Gasteiger charge is 2.21. The van der Waals surface area contributed by atoms with Crippen molar-refractivity contribution >= 4 is 38.4 Å². The molecule has 0 saturated carbocycles. The van der Waals surface area contributed by atoms with Gasteiger partial charge in [-0.25, -0.2) is 23.1 Å². The number of hydrogen-bond acceptors (Lipinski definition) is 5. The molecule has 0 spiro atoms. The Labute approximate surface area is 166 Å². The summed E-state index contributed by atoms with van der Waals surface area (Å²) in [7, 11) is 0. The molecule has 0 aliphatic carbocycles. The minimum atomic E-state index is -2.88. The lowest BCUT2D eigenvalue weighted by Crippen LogP contribution is -2.13. The van der Waals surface area contributed by atoms with E-state index in [1.807, 2.05) is 0 Å². The fourth-order valence-corrected chi connectivity index (χ4v) is 3.59. The SMILES string of the molecule is Cc1nc(N[C@H](C)c2cccc(C(F)F)c2F)c2cc(Br)c3nncn3c2n1. The van der Waals surface area contributed by atoms with E-state index in [-0.39, 0.29) is 5.56 Å². The number of nitrogens with one attached hydrogen (secondary N) is 1. The van der Waals surface area contributed by atoms with Crippen molar-refractivity contribution < 1.29 is 13.2 Å². The van der Waals surface area contributed by atoms with Crippen molar-refractivity contribution in [2.24, 2.45) is 0 Å². The standard InChI is InChI=1S/C18H14BrF3N6/c1-8(10-4-3-5-11(14(10)20)15(21)22)24-16-12-6-13(19)18-27-23-7-28(18)17(12)26-9(2)25-16/h3-8,15H,1-2H3,(H,24,25,26)/t8-/m1/s1. The van der Waals surface area contributed by atoms with Crippen LogP contribution in [0.1, 0.15) is 36.3 Å². The number of hydrogen-bond donors (Lipinski definition) is 1. The summed E-state index contributed by atoms with van der Waals surface area (Å²) in [4.78, 5) is 8.87. The molecule has 6 nitrogen and oxygen atoms in total. The summed E-state index contributed by atoms with van der Waals surface area (Å²) < 4.78 is 43.0. The number of rotatable bonds is 4. The number of benzene rings is 1. The van der Waals surface area contributed by atoms with Gasteiger partial charge in [-0.1, -0.05) is 18.2 Å². The maximum Gasteiger partial charge on any atom is 0.266 e. The quantitative estimate of drug-likeness (QED) is 0.474. The van der Waals surface area contributed by atoms with Gasteiger partial charge in [-0.15, -0.1) is 10.2 Å². The van der Waals surface area contributed by atoms with Crippen LogP contribution in [0.15, 0.2) is 35.1 Å². The van der Waals surface area contributed by atoms with Crippen LogP contribution in [0, 0.1) is 12.7 Å². The topological polar surface area (TPSA) is 68.0 Å². The molecule has 1 N–H and O–H groups in total. The number of nitrogens with zero attached hydrogens (tertiary/aromatic N) is 5. The molecule has 0 radical (unpaired) electrons. The predicted molar refractivity (Wildman–Crippen MR) is 102 cm³/mol. The van der Waals surface area contributed by atoms with Crippen LogP contribution < -0.4 is 5.32 Å². The average molecular weight is 451 g/mol. The highest BCUT2D eigenvalue weighted by molar-refractivity contribution is 9.10. The molecule has 144 valence electrons. The lowest BCUT2D eigenvalue weighted by Gasteiger charge is -2.19. The molecule has 1 atom stereocenters. The molecule has 28 heavy (non-hydrogen) atoms. The van der Waals surface area contributed by atoms with E-state index in [1.165, 1.54) is 18.5 Å². The molecular weight excluding hydrogens is 437 g/mol. The first kappa shape index (κ1) is 18.6. The normalized spacial score (nSPS) is 12.8. The molecular formula is C18H14BrF3N6. The van der Waals surface area contributed by atoms with Gasteiger partial charge in [0.25, 0.3) is 6.43 Å². The van der Waals surface area contributed by atoms with E-state index in [2.05, 4.69) is 41.4 Å². The van der Waals surface area contributed by atoms with Crippen molar-refractivity contribution in [1.29, 1.82) is 0 Å². The number of halogens is 4. The van der Waals surface area contributed by atoms with Crippen LogP contribution in [-0.4, -0.2) is 24.6 Å².